The molecule has 2 aromatic heterocycles. The van der Waals surface area contributed by atoms with Crippen LogP contribution in [0.3, 0.4) is 0 Å². The van der Waals surface area contributed by atoms with Crippen molar-refractivity contribution in [1.82, 2.24) is 19.9 Å². The average molecular weight is 244 g/mol. The van der Waals surface area contributed by atoms with Gasteiger partial charge in [0.1, 0.15) is 5.52 Å². The van der Waals surface area contributed by atoms with Gasteiger partial charge in [-0.3, -0.25) is 4.55 Å². The Morgan fingerprint density at radius 3 is 2.73 bits per heavy atom. The zero-order valence-electron chi connectivity index (χ0n) is 7.08. The summed E-state index contributed by atoms with van der Waals surface area (Å²) >= 11 is 4.73. The summed E-state index contributed by atoms with van der Waals surface area (Å²) in [7, 11) is -4.36. The van der Waals surface area contributed by atoms with Crippen LogP contribution in [-0.4, -0.2) is 32.9 Å². The standard InChI is InChI=1S/C6H4N4O3S2/c11-15(12,13)4-2-7-3-1-8-6(14)10-5(3)9-4/h1-2H,(H,11,12,13)(H,8,9,10,14). The van der Waals surface area contributed by atoms with E-state index in [2.05, 4.69) is 19.9 Å². The molecule has 2 heterocycles. The van der Waals surface area contributed by atoms with E-state index in [9.17, 15) is 8.42 Å². The van der Waals surface area contributed by atoms with Crippen molar-refractivity contribution in [3.05, 3.63) is 17.2 Å². The van der Waals surface area contributed by atoms with Crippen molar-refractivity contribution in [2.45, 2.75) is 5.03 Å². The van der Waals surface area contributed by atoms with Crippen LogP contribution in [0.5, 0.6) is 0 Å². The van der Waals surface area contributed by atoms with Gasteiger partial charge in [0.15, 0.2) is 10.4 Å². The van der Waals surface area contributed by atoms with E-state index in [0.29, 0.717) is 5.52 Å². The Balaban J connectivity index is 2.81. The molecule has 0 aliphatic heterocycles. The fourth-order valence-electron chi connectivity index (χ4n) is 0.946. The molecule has 0 bridgehead atoms. The van der Waals surface area contributed by atoms with Crippen LogP contribution >= 0.6 is 12.2 Å². The summed E-state index contributed by atoms with van der Waals surface area (Å²) in [5.41, 5.74) is 0.515. The van der Waals surface area contributed by atoms with E-state index < -0.39 is 15.1 Å². The van der Waals surface area contributed by atoms with Gasteiger partial charge < -0.3 is 4.98 Å². The molecule has 9 heteroatoms. The monoisotopic (exact) mass is 244 g/mol. The average Bonchev–Trinajstić information content (AvgIpc) is 2.15. The molecule has 0 amide bonds. The van der Waals surface area contributed by atoms with Gasteiger partial charge in [-0.15, -0.1) is 0 Å². The number of fused-ring (bicyclic) bond motifs is 1. The highest BCUT2D eigenvalue weighted by Gasteiger charge is 2.12. The van der Waals surface area contributed by atoms with Crippen molar-refractivity contribution < 1.29 is 13.0 Å². The summed E-state index contributed by atoms with van der Waals surface area (Å²) in [6, 6.07) is 0. The van der Waals surface area contributed by atoms with Gasteiger partial charge in [0.25, 0.3) is 0 Å². The van der Waals surface area contributed by atoms with E-state index >= 15 is 0 Å². The molecule has 0 unspecified atom stereocenters. The molecule has 0 spiro atoms. The third-order valence-electron chi connectivity index (χ3n) is 1.57. The molecule has 0 aliphatic rings. The molecule has 0 atom stereocenters. The molecule has 0 fully saturated rings. The highest BCUT2D eigenvalue weighted by atomic mass is 32.2. The van der Waals surface area contributed by atoms with Gasteiger partial charge in [-0.2, -0.15) is 8.42 Å². The molecule has 15 heavy (non-hydrogen) atoms. The minimum Gasteiger partial charge on any atom is -0.314 e. The number of nitrogens with one attached hydrogen (secondary N) is 1. The lowest BCUT2D eigenvalue weighted by molar-refractivity contribution is 0.479. The van der Waals surface area contributed by atoms with Crippen LogP contribution in [-0.2, 0) is 10.1 Å². The summed E-state index contributed by atoms with van der Waals surface area (Å²) in [6.45, 7) is 0. The molecule has 7 nitrogen and oxygen atoms in total. The van der Waals surface area contributed by atoms with Crippen molar-refractivity contribution in [3.8, 4) is 0 Å². The number of rotatable bonds is 1. The maximum Gasteiger partial charge on any atom is 0.313 e. The number of H-pyrrole nitrogens is 1. The Morgan fingerprint density at radius 1 is 1.33 bits per heavy atom. The second-order valence-corrected chi connectivity index (χ2v) is 4.36. The van der Waals surface area contributed by atoms with Crippen molar-refractivity contribution in [2.24, 2.45) is 0 Å². The van der Waals surface area contributed by atoms with Crippen molar-refractivity contribution in [3.63, 3.8) is 0 Å². The number of aromatic amines is 1. The lowest BCUT2D eigenvalue weighted by Gasteiger charge is -1.98. The SMILES string of the molecule is O=S(=O)(O)c1cnc2cnc(=S)[nH]c2n1. The molecule has 0 aliphatic carbocycles. The Labute approximate surface area is 89.0 Å². The number of nitrogens with zero attached hydrogens (tertiary/aromatic N) is 3. The summed E-state index contributed by atoms with van der Waals surface area (Å²) in [4.78, 5) is 13.7. The largest absolute Gasteiger partial charge is 0.314 e. The van der Waals surface area contributed by atoms with E-state index in [4.69, 9.17) is 16.8 Å². The summed E-state index contributed by atoms with van der Waals surface area (Å²) in [5, 5.41) is -0.535. The van der Waals surface area contributed by atoms with Crippen LogP contribution in [0.25, 0.3) is 11.2 Å². The van der Waals surface area contributed by atoms with Crippen molar-refractivity contribution in [1.29, 1.82) is 0 Å². The lowest BCUT2D eigenvalue weighted by atomic mass is 10.5. The van der Waals surface area contributed by atoms with Gasteiger partial charge in [0.05, 0.1) is 12.4 Å². The minimum absolute atomic E-state index is 0.157. The first-order valence-corrected chi connectivity index (χ1v) is 5.51. The Hall–Kier alpha value is -1.45. The first-order chi connectivity index (χ1) is 6.97. The third kappa shape index (κ3) is 1.98. The number of hydrogen-bond donors (Lipinski definition) is 2. The van der Waals surface area contributed by atoms with Gasteiger partial charge in [-0.25, -0.2) is 15.0 Å². The predicted molar refractivity (Wildman–Crippen MR) is 52.3 cm³/mol. The van der Waals surface area contributed by atoms with E-state index in [1.165, 1.54) is 6.20 Å². The quantitative estimate of drug-likeness (QED) is 0.549. The first kappa shape index (κ1) is 10.1. The Bertz CT molecular complexity index is 678. The molecule has 78 valence electrons. The van der Waals surface area contributed by atoms with Crippen molar-refractivity contribution >= 4 is 33.5 Å². The Kier molecular flexibility index (Phi) is 2.21. The topological polar surface area (TPSA) is 109 Å². The molecule has 2 N–H and O–H groups in total. The normalized spacial score (nSPS) is 11.8. The van der Waals surface area contributed by atoms with Gasteiger partial charge >= 0.3 is 10.1 Å². The van der Waals surface area contributed by atoms with E-state index in [1.54, 1.807) is 0 Å². The number of aromatic nitrogens is 4. The minimum atomic E-state index is -4.36. The Morgan fingerprint density at radius 2 is 2.07 bits per heavy atom. The lowest BCUT2D eigenvalue weighted by Crippen LogP contribution is -2.03. The third-order valence-corrected chi connectivity index (χ3v) is 2.51. The van der Waals surface area contributed by atoms with E-state index in [-0.39, 0.29) is 10.4 Å². The summed E-state index contributed by atoms with van der Waals surface area (Å²) in [6.07, 6.45) is 2.30. The number of hydrogen-bond acceptors (Lipinski definition) is 6. The predicted octanol–water partition coefficient (Wildman–Crippen LogP) is 0.329. The van der Waals surface area contributed by atoms with Gasteiger partial charge in [0, 0.05) is 0 Å². The highest BCUT2D eigenvalue weighted by Crippen LogP contribution is 2.08. The maximum absolute atomic E-state index is 10.8. The fraction of sp³-hybridized carbons (Fsp3) is 0. The molecule has 2 rings (SSSR count). The highest BCUT2D eigenvalue weighted by molar-refractivity contribution is 7.85. The molecular weight excluding hydrogens is 240 g/mol. The van der Waals surface area contributed by atoms with E-state index in [1.807, 2.05) is 0 Å². The fourth-order valence-corrected chi connectivity index (χ4v) is 1.49. The van der Waals surface area contributed by atoms with E-state index in [0.717, 1.165) is 6.20 Å². The summed E-state index contributed by atoms with van der Waals surface area (Å²) in [5.74, 6) is 0. The first-order valence-electron chi connectivity index (χ1n) is 3.66. The van der Waals surface area contributed by atoms with Crippen LogP contribution in [0.15, 0.2) is 17.4 Å². The molecule has 0 radical (unpaired) electrons. The van der Waals surface area contributed by atoms with Crippen LogP contribution in [0.2, 0.25) is 0 Å². The maximum atomic E-state index is 10.8. The van der Waals surface area contributed by atoms with Crippen LogP contribution in [0, 0.1) is 4.77 Å². The summed E-state index contributed by atoms with van der Waals surface area (Å²) < 4.78 is 30.4. The molecule has 0 aromatic carbocycles. The zero-order chi connectivity index (χ0) is 11.1. The van der Waals surface area contributed by atoms with Crippen LogP contribution in [0.4, 0.5) is 0 Å². The second kappa shape index (κ2) is 3.29. The van der Waals surface area contributed by atoms with Crippen molar-refractivity contribution in [2.75, 3.05) is 0 Å². The molecule has 0 saturated heterocycles. The van der Waals surface area contributed by atoms with Crippen LogP contribution in [0.1, 0.15) is 0 Å². The van der Waals surface area contributed by atoms with Gasteiger partial charge in [0.2, 0.25) is 5.03 Å². The van der Waals surface area contributed by atoms with Crippen LogP contribution < -0.4 is 0 Å². The molecular formula is C6H4N4O3S2. The second-order valence-electron chi connectivity index (χ2n) is 2.61. The molecule has 0 saturated carbocycles. The van der Waals surface area contributed by atoms with Gasteiger partial charge in [-0.1, -0.05) is 0 Å². The zero-order valence-corrected chi connectivity index (χ0v) is 8.71. The molecule has 2 aromatic rings. The smallest absolute Gasteiger partial charge is 0.313 e. The van der Waals surface area contributed by atoms with Gasteiger partial charge in [-0.05, 0) is 12.2 Å².